The van der Waals surface area contributed by atoms with Crippen LogP contribution in [0, 0.1) is 24.4 Å². The van der Waals surface area contributed by atoms with E-state index in [4.69, 9.17) is 4.84 Å². The van der Waals surface area contributed by atoms with E-state index in [-0.39, 0.29) is 24.3 Å². The summed E-state index contributed by atoms with van der Waals surface area (Å²) >= 11 is 0. The predicted molar refractivity (Wildman–Crippen MR) is 84.9 cm³/mol. The van der Waals surface area contributed by atoms with Crippen LogP contribution in [-0.4, -0.2) is 18.8 Å². The molecule has 2 aromatic carbocycles. The van der Waals surface area contributed by atoms with Crippen molar-refractivity contribution in [2.24, 2.45) is 0 Å². The van der Waals surface area contributed by atoms with E-state index in [1.807, 2.05) is 5.48 Å². The van der Waals surface area contributed by atoms with Crippen LogP contribution in [0.5, 0.6) is 0 Å². The van der Waals surface area contributed by atoms with Crippen LogP contribution in [0.2, 0.25) is 0 Å². The standard InChI is InChI=1S/C17H15F3N2O3/c1-10-3-6-14(13(19)9-10)21-16-11(4-5-12(18)15(16)20)17(24)22-25-8-2-7-23/h3-7,9,21H,2,8H2,1H3,(H,22,24). The van der Waals surface area contributed by atoms with Crippen molar-refractivity contribution in [2.75, 3.05) is 11.9 Å². The van der Waals surface area contributed by atoms with Crippen molar-refractivity contribution in [1.82, 2.24) is 5.48 Å². The number of anilines is 2. The largest absolute Gasteiger partial charge is 0.350 e. The van der Waals surface area contributed by atoms with Gasteiger partial charge in [0.25, 0.3) is 5.91 Å². The van der Waals surface area contributed by atoms with Crippen LogP contribution in [0.1, 0.15) is 22.3 Å². The van der Waals surface area contributed by atoms with E-state index >= 15 is 0 Å². The Labute approximate surface area is 141 Å². The molecule has 2 aromatic rings. The number of hydrogen-bond acceptors (Lipinski definition) is 4. The Bertz CT molecular complexity index is 797. The van der Waals surface area contributed by atoms with Crippen LogP contribution in [0.25, 0.3) is 0 Å². The summed E-state index contributed by atoms with van der Waals surface area (Å²) in [5.74, 6) is -4.09. The highest BCUT2D eigenvalue weighted by Crippen LogP contribution is 2.28. The Morgan fingerprint density at radius 1 is 1.16 bits per heavy atom. The molecule has 25 heavy (non-hydrogen) atoms. The van der Waals surface area contributed by atoms with Gasteiger partial charge >= 0.3 is 0 Å². The lowest BCUT2D eigenvalue weighted by atomic mass is 10.1. The maximum atomic E-state index is 14.1. The first-order chi connectivity index (χ1) is 11.9. The third-order valence-corrected chi connectivity index (χ3v) is 3.23. The molecule has 0 unspecified atom stereocenters. The molecule has 5 nitrogen and oxygen atoms in total. The van der Waals surface area contributed by atoms with Gasteiger partial charge in [-0.15, -0.1) is 0 Å². The van der Waals surface area contributed by atoms with Gasteiger partial charge in [0.2, 0.25) is 0 Å². The van der Waals surface area contributed by atoms with Crippen LogP contribution < -0.4 is 10.8 Å². The van der Waals surface area contributed by atoms with E-state index in [9.17, 15) is 22.8 Å². The molecule has 0 aliphatic heterocycles. The molecule has 0 aliphatic carbocycles. The fraction of sp³-hybridized carbons (Fsp3) is 0.176. The number of carbonyl (C=O) groups is 2. The summed E-state index contributed by atoms with van der Waals surface area (Å²) in [6.07, 6.45) is 0.647. The molecule has 0 atom stereocenters. The van der Waals surface area contributed by atoms with Crippen molar-refractivity contribution in [3.05, 3.63) is 58.9 Å². The zero-order valence-electron chi connectivity index (χ0n) is 13.2. The molecular weight excluding hydrogens is 337 g/mol. The number of hydroxylamine groups is 1. The minimum atomic E-state index is -1.33. The third-order valence-electron chi connectivity index (χ3n) is 3.23. The van der Waals surface area contributed by atoms with Crippen molar-refractivity contribution in [2.45, 2.75) is 13.3 Å². The summed E-state index contributed by atoms with van der Waals surface area (Å²) in [5, 5.41) is 2.40. The summed E-state index contributed by atoms with van der Waals surface area (Å²) in [6.45, 7) is 1.60. The van der Waals surface area contributed by atoms with Gasteiger partial charge in [0.15, 0.2) is 11.6 Å². The number of aldehydes is 1. The molecular formula is C17H15F3N2O3. The van der Waals surface area contributed by atoms with Gasteiger partial charge in [-0.1, -0.05) is 6.07 Å². The minimum absolute atomic E-state index is 0.0533. The fourth-order valence-corrected chi connectivity index (χ4v) is 2.00. The number of nitrogens with one attached hydrogen (secondary N) is 2. The molecule has 0 saturated carbocycles. The Balaban J connectivity index is 2.30. The number of rotatable bonds is 7. The quantitative estimate of drug-likeness (QED) is 0.455. The first kappa shape index (κ1) is 18.5. The molecule has 132 valence electrons. The van der Waals surface area contributed by atoms with E-state index in [1.54, 1.807) is 13.0 Å². The maximum Gasteiger partial charge on any atom is 0.277 e. The Hall–Kier alpha value is -2.87. The fourth-order valence-electron chi connectivity index (χ4n) is 2.00. The summed E-state index contributed by atoms with van der Waals surface area (Å²) in [5.41, 5.74) is 1.72. The van der Waals surface area contributed by atoms with E-state index in [1.165, 1.54) is 12.1 Å². The molecule has 8 heteroatoms. The topological polar surface area (TPSA) is 67.4 Å². The molecule has 0 spiro atoms. The van der Waals surface area contributed by atoms with E-state index < -0.39 is 29.0 Å². The van der Waals surface area contributed by atoms with Gasteiger partial charge in [-0.25, -0.2) is 18.7 Å². The number of hydrogen-bond donors (Lipinski definition) is 2. The second kappa shape index (κ2) is 8.29. The van der Waals surface area contributed by atoms with Crippen LogP contribution in [0.4, 0.5) is 24.5 Å². The van der Waals surface area contributed by atoms with Gasteiger partial charge in [0, 0.05) is 6.42 Å². The highest BCUT2D eigenvalue weighted by atomic mass is 19.2. The molecule has 0 radical (unpaired) electrons. The molecule has 0 saturated heterocycles. The second-order valence-electron chi connectivity index (χ2n) is 5.13. The average molecular weight is 352 g/mol. The van der Waals surface area contributed by atoms with Gasteiger partial charge in [-0.2, -0.15) is 0 Å². The van der Waals surface area contributed by atoms with E-state index in [0.29, 0.717) is 11.8 Å². The smallest absolute Gasteiger partial charge is 0.277 e. The summed E-state index contributed by atoms with van der Waals surface area (Å²) in [7, 11) is 0. The number of halogens is 3. The van der Waals surface area contributed by atoms with Gasteiger partial charge in [-0.05, 0) is 36.8 Å². The first-order valence-corrected chi connectivity index (χ1v) is 7.31. The molecule has 0 aliphatic rings. The monoisotopic (exact) mass is 352 g/mol. The zero-order chi connectivity index (χ0) is 18.4. The van der Waals surface area contributed by atoms with Gasteiger partial charge in [-0.3, -0.25) is 9.63 Å². The van der Waals surface area contributed by atoms with E-state index in [0.717, 1.165) is 12.1 Å². The highest BCUT2D eigenvalue weighted by molar-refractivity contribution is 6.00. The van der Waals surface area contributed by atoms with Crippen LogP contribution in [0.3, 0.4) is 0 Å². The first-order valence-electron chi connectivity index (χ1n) is 7.31. The van der Waals surface area contributed by atoms with Crippen molar-refractivity contribution in [1.29, 1.82) is 0 Å². The van der Waals surface area contributed by atoms with Crippen LogP contribution in [-0.2, 0) is 9.63 Å². The summed E-state index contributed by atoms with van der Waals surface area (Å²) in [6, 6.07) is 5.93. The van der Waals surface area contributed by atoms with Crippen molar-refractivity contribution < 1.29 is 27.6 Å². The SMILES string of the molecule is Cc1ccc(Nc2c(C(=O)NOCCC=O)ccc(F)c2F)c(F)c1. The molecule has 0 bridgehead atoms. The Morgan fingerprint density at radius 2 is 1.92 bits per heavy atom. The van der Waals surface area contributed by atoms with Crippen molar-refractivity contribution >= 4 is 23.6 Å². The zero-order valence-corrected chi connectivity index (χ0v) is 13.2. The van der Waals surface area contributed by atoms with E-state index in [2.05, 4.69) is 5.32 Å². The van der Waals surface area contributed by atoms with Gasteiger partial charge < -0.3 is 10.1 Å². The van der Waals surface area contributed by atoms with Crippen LogP contribution in [0.15, 0.2) is 30.3 Å². The minimum Gasteiger partial charge on any atom is -0.350 e. The number of aryl methyl sites for hydroxylation is 1. The summed E-state index contributed by atoms with van der Waals surface area (Å²) < 4.78 is 41.6. The predicted octanol–water partition coefficient (Wildman–Crippen LogP) is 3.41. The number of amides is 1. The summed E-state index contributed by atoms with van der Waals surface area (Å²) in [4.78, 5) is 27.0. The second-order valence-corrected chi connectivity index (χ2v) is 5.13. The van der Waals surface area contributed by atoms with Crippen LogP contribution >= 0.6 is 0 Å². The average Bonchev–Trinajstić information content (AvgIpc) is 2.58. The lowest BCUT2D eigenvalue weighted by Crippen LogP contribution is -2.25. The lowest BCUT2D eigenvalue weighted by Gasteiger charge is -2.14. The van der Waals surface area contributed by atoms with Gasteiger partial charge in [0.05, 0.1) is 23.5 Å². The molecule has 2 N–H and O–H groups in total. The molecule has 1 amide bonds. The molecule has 0 heterocycles. The van der Waals surface area contributed by atoms with Crippen molar-refractivity contribution in [3.8, 4) is 0 Å². The van der Waals surface area contributed by atoms with Crippen molar-refractivity contribution in [3.63, 3.8) is 0 Å². The molecule has 0 aromatic heterocycles. The Morgan fingerprint density at radius 3 is 2.60 bits per heavy atom. The molecule has 2 rings (SSSR count). The lowest BCUT2D eigenvalue weighted by molar-refractivity contribution is -0.109. The number of carbonyl (C=O) groups excluding carboxylic acids is 2. The normalized spacial score (nSPS) is 10.4. The maximum absolute atomic E-state index is 14.1. The third kappa shape index (κ3) is 4.57. The Kier molecular flexibility index (Phi) is 6.13. The highest BCUT2D eigenvalue weighted by Gasteiger charge is 2.20. The number of benzene rings is 2. The van der Waals surface area contributed by atoms with Gasteiger partial charge in [0.1, 0.15) is 12.1 Å². The molecule has 0 fully saturated rings.